The first-order valence-electron chi connectivity index (χ1n) is 4.74. The van der Waals surface area contributed by atoms with E-state index in [9.17, 15) is 4.79 Å². The Labute approximate surface area is 91.9 Å². The number of H-pyrrole nitrogens is 1. The van der Waals surface area contributed by atoms with Crippen LogP contribution in [0, 0.1) is 0 Å². The molecule has 0 saturated heterocycles. The van der Waals surface area contributed by atoms with Gasteiger partial charge in [0.25, 0.3) is 5.91 Å². The molecule has 16 heavy (non-hydrogen) atoms. The van der Waals surface area contributed by atoms with E-state index in [1.807, 2.05) is 18.2 Å². The number of nitrogens with two attached hydrogens (primary N) is 1. The number of aromatic amines is 1. The van der Waals surface area contributed by atoms with Gasteiger partial charge in [-0.3, -0.25) is 14.9 Å². The van der Waals surface area contributed by atoms with Crippen LogP contribution < -0.4 is 11.1 Å². The zero-order valence-electron chi connectivity index (χ0n) is 8.47. The van der Waals surface area contributed by atoms with Crippen LogP contribution in [0.4, 0.5) is 5.82 Å². The van der Waals surface area contributed by atoms with Crippen molar-refractivity contribution in [3.63, 3.8) is 0 Å². The third-order valence-electron chi connectivity index (χ3n) is 2.00. The quantitative estimate of drug-likeness (QED) is 0.689. The number of amides is 1. The molecule has 0 unspecified atom stereocenters. The van der Waals surface area contributed by atoms with Crippen molar-refractivity contribution in [3.8, 4) is 0 Å². The monoisotopic (exact) mass is 217 g/mol. The van der Waals surface area contributed by atoms with Crippen molar-refractivity contribution in [2.75, 3.05) is 5.73 Å². The second-order valence-electron chi connectivity index (χ2n) is 3.21. The van der Waals surface area contributed by atoms with E-state index in [1.165, 1.54) is 6.07 Å². The van der Waals surface area contributed by atoms with E-state index in [1.54, 1.807) is 6.20 Å². The average Bonchev–Trinajstić information content (AvgIpc) is 2.74. The van der Waals surface area contributed by atoms with Crippen LogP contribution in [0.25, 0.3) is 0 Å². The summed E-state index contributed by atoms with van der Waals surface area (Å²) in [7, 11) is 0. The maximum Gasteiger partial charge on any atom is 0.269 e. The van der Waals surface area contributed by atoms with Gasteiger partial charge in [-0.25, -0.2) is 0 Å². The zero-order chi connectivity index (χ0) is 11.4. The molecule has 82 valence electrons. The van der Waals surface area contributed by atoms with Crippen molar-refractivity contribution >= 4 is 11.7 Å². The third-order valence-corrected chi connectivity index (χ3v) is 2.00. The number of hydrogen-bond donors (Lipinski definition) is 3. The molecule has 0 bridgehead atoms. The van der Waals surface area contributed by atoms with Crippen molar-refractivity contribution in [2.45, 2.75) is 6.54 Å². The third kappa shape index (κ3) is 2.35. The van der Waals surface area contributed by atoms with Crippen molar-refractivity contribution < 1.29 is 4.79 Å². The molecule has 0 saturated carbocycles. The largest absolute Gasteiger partial charge is 0.382 e. The number of pyridine rings is 1. The Balaban J connectivity index is 1.94. The van der Waals surface area contributed by atoms with Crippen LogP contribution in [0.3, 0.4) is 0 Å². The molecule has 0 spiro atoms. The fourth-order valence-electron chi connectivity index (χ4n) is 1.22. The van der Waals surface area contributed by atoms with Crippen molar-refractivity contribution in [2.24, 2.45) is 0 Å². The molecule has 4 N–H and O–H groups in total. The first-order chi connectivity index (χ1) is 7.75. The highest BCUT2D eigenvalue weighted by molar-refractivity contribution is 5.92. The van der Waals surface area contributed by atoms with Crippen LogP contribution >= 0.6 is 0 Å². The van der Waals surface area contributed by atoms with Gasteiger partial charge in [0.15, 0.2) is 0 Å². The Bertz CT molecular complexity index is 479. The topological polar surface area (TPSA) is 96.7 Å². The van der Waals surface area contributed by atoms with Crippen LogP contribution in [-0.4, -0.2) is 21.1 Å². The van der Waals surface area contributed by atoms with Crippen molar-refractivity contribution in [3.05, 3.63) is 41.9 Å². The summed E-state index contributed by atoms with van der Waals surface area (Å²) in [4.78, 5) is 15.6. The lowest BCUT2D eigenvalue weighted by Gasteiger charge is -2.01. The molecular formula is C10H11N5O. The Kier molecular flexibility index (Phi) is 2.81. The summed E-state index contributed by atoms with van der Waals surface area (Å²) in [6.45, 7) is 0.374. The Morgan fingerprint density at radius 2 is 2.38 bits per heavy atom. The van der Waals surface area contributed by atoms with Gasteiger partial charge in [0.05, 0.1) is 12.2 Å². The van der Waals surface area contributed by atoms with E-state index in [0.29, 0.717) is 18.1 Å². The molecule has 0 radical (unpaired) electrons. The van der Waals surface area contributed by atoms with E-state index in [4.69, 9.17) is 5.73 Å². The van der Waals surface area contributed by atoms with Crippen LogP contribution in [-0.2, 0) is 6.54 Å². The zero-order valence-corrected chi connectivity index (χ0v) is 8.47. The van der Waals surface area contributed by atoms with Gasteiger partial charge in [-0.05, 0) is 12.1 Å². The smallest absolute Gasteiger partial charge is 0.269 e. The normalized spacial score (nSPS) is 10.0. The molecular weight excluding hydrogens is 206 g/mol. The summed E-state index contributed by atoms with van der Waals surface area (Å²) in [5.41, 5.74) is 6.52. The summed E-state index contributed by atoms with van der Waals surface area (Å²) in [6, 6.07) is 7.00. The molecule has 6 heteroatoms. The highest BCUT2D eigenvalue weighted by Crippen LogP contribution is 2.00. The molecule has 1 amide bonds. The van der Waals surface area contributed by atoms with E-state index in [-0.39, 0.29) is 5.91 Å². The SMILES string of the molecule is Nc1cc(C(=O)NCc2ccccn2)[nH]n1. The molecule has 6 nitrogen and oxygen atoms in total. The van der Waals surface area contributed by atoms with E-state index in [2.05, 4.69) is 20.5 Å². The molecule has 2 aromatic heterocycles. The summed E-state index contributed by atoms with van der Waals surface area (Å²) >= 11 is 0. The number of anilines is 1. The second-order valence-corrected chi connectivity index (χ2v) is 3.21. The maximum absolute atomic E-state index is 11.6. The number of nitrogens with zero attached hydrogens (tertiary/aromatic N) is 2. The molecule has 0 aromatic carbocycles. The highest BCUT2D eigenvalue weighted by atomic mass is 16.1. The predicted molar refractivity (Wildman–Crippen MR) is 58.4 cm³/mol. The van der Waals surface area contributed by atoms with Crippen molar-refractivity contribution in [1.29, 1.82) is 0 Å². The molecule has 0 fully saturated rings. The Morgan fingerprint density at radius 3 is 3.00 bits per heavy atom. The number of aromatic nitrogens is 3. The number of nitrogen functional groups attached to an aromatic ring is 1. The standard InChI is InChI=1S/C10H11N5O/c11-9-5-8(14-15-9)10(16)13-6-7-3-1-2-4-12-7/h1-5H,6H2,(H,13,16)(H3,11,14,15). The van der Waals surface area contributed by atoms with E-state index < -0.39 is 0 Å². The lowest BCUT2D eigenvalue weighted by atomic mass is 10.3. The lowest BCUT2D eigenvalue weighted by molar-refractivity contribution is 0.0945. The van der Waals surface area contributed by atoms with Crippen LogP contribution in [0.2, 0.25) is 0 Å². The molecule has 2 heterocycles. The number of carbonyl (C=O) groups is 1. The van der Waals surface area contributed by atoms with Gasteiger partial charge in [0.2, 0.25) is 0 Å². The number of carbonyl (C=O) groups excluding carboxylic acids is 1. The number of nitrogens with one attached hydrogen (secondary N) is 2. The maximum atomic E-state index is 11.6. The van der Waals surface area contributed by atoms with Gasteiger partial charge in [0.1, 0.15) is 11.5 Å². The fraction of sp³-hybridized carbons (Fsp3) is 0.100. The van der Waals surface area contributed by atoms with Gasteiger partial charge in [-0.1, -0.05) is 6.07 Å². The summed E-state index contributed by atoms with van der Waals surface area (Å²) in [5, 5.41) is 8.90. The first kappa shape index (κ1) is 10.2. The Morgan fingerprint density at radius 1 is 1.50 bits per heavy atom. The predicted octanol–water partition coefficient (Wildman–Crippen LogP) is 0.317. The molecule has 2 rings (SSSR count). The second kappa shape index (κ2) is 4.43. The Hall–Kier alpha value is -2.37. The van der Waals surface area contributed by atoms with Crippen LogP contribution in [0.5, 0.6) is 0 Å². The molecule has 0 aliphatic carbocycles. The van der Waals surface area contributed by atoms with Gasteiger partial charge in [-0.15, -0.1) is 0 Å². The van der Waals surface area contributed by atoms with Gasteiger partial charge in [-0.2, -0.15) is 5.10 Å². The molecule has 0 aliphatic heterocycles. The molecule has 2 aromatic rings. The minimum atomic E-state index is -0.255. The van der Waals surface area contributed by atoms with Gasteiger partial charge < -0.3 is 11.1 Å². The first-order valence-corrected chi connectivity index (χ1v) is 4.74. The molecule has 0 aliphatic rings. The summed E-state index contributed by atoms with van der Waals surface area (Å²) < 4.78 is 0. The number of rotatable bonds is 3. The van der Waals surface area contributed by atoms with Crippen molar-refractivity contribution in [1.82, 2.24) is 20.5 Å². The minimum Gasteiger partial charge on any atom is -0.382 e. The average molecular weight is 217 g/mol. The van der Waals surface area contributed by atoms with Gasteiger partial charge >= 0.3 is 0 Å². The van der Waals surface area contributed by atoms with Gasteiger partial charge in [0, 0.05) is 12.3 Å². The number of hydrogen-bond acceptors (Lipinski definition) is 4. The molecule has 0 atom stereocenters. The minimum absolute atomic E-state index is 0.255. The highest BCUT2D eigenvalue weighted by Gasteiger charge is 2.07. The van der Waals surface area contributed by atoms with E-state index in [0.717, 1.165) is 5.69 Å². The summed E-state index contributed by atoms with van der Waals surface area (Å²) in [5.74, 6) is 0.0397. The van der Waals surface area contributed by atoms with Crippen LogP contribution in [0.15, 0.2) is 30.5 Å². The van der Waals surface area contributed by atoms with E-state index >= 15 is 0 Å². The van der Waals surface area contributed by atoms with Crippen LogP contribution in [0.1, 0.15) is 16.2 Å². The fourth-order valence-corrected chi connectivity index (χ4v) is 1.22. The summed E-state index contributed by atoms with van der Waals surface area (Å²) in [6.07, 6.45) is 1.68. The lowest BCUT2D eigenvalue weighted by Crippen LogP contribution is -2.23.